The first-order valence-corrected chi connectivity index (χ1v) is 11.8. The predicted molar refractivity (Wildman–Crippen MR) is 130 cm³/mol. The molecule has 33 heavy (non-hydrogen) atoms. The molecule has 0 spiro atoms. The zero-order valence-corrected chi connectivity index (χ0v) is 18.9. The number of aromatic amines is 1. The van der Waals surface area contributed by atoms with E-state index in [1.165, 1.54) is 5.56 Å². The molecule has 0 amide bonds. The number of alkyl halides is 1. The molecule has 1 heterocycles. The Morgan fingerprint density at radius 2 is 1.85 bits per heavy atom. The quantitative estimate of drug-likeness (QED) is 0.453. The minimum Gasteiger partial charge on any atom is -0.481 e. The number of hydrogen-bond donors (Lipinski definition) is 2. The summed E-state index contributed by atoms with van der Waals surface area (Å²) in [6.07, 6.45) is 7.41. The van der Waals surface area contributed by atoms with E-state index in [0.717, 1.165) is 53.4 Å². The van der Waals surface area contributed by atoms with Crippen molar-refractivity contribution in [3.8, 4) is 0 Å². The van der Waals surface area contributed by atoms with Crippen molar-refractivity contribution in [2.75, 3.05) is 0 Å². The SMILES string of the molecule is Cc1ccc2nc(C3=CC=C(c4ccc(C5CCC(CC(=O)O)CC5)cc4)CC3F)[nH]c2c1. The number of aliphatic carboxylic acids is 1. The number of hydrogen-bond acceptors (Lipinski definition) is 2. The van der Waals surface area contributed by atoms with Gasteiger partial charge in [0.25, 0.3) is 0 Å². The lowest BCUT2D eigenvalue weighted by atomic mass is 9.77. The zero-order valence-electron chi connectivity index (χ0n) is 18.9. The number of carbonyl (C=O) groups is 1. The number of rotatable bonds is 5. The Balaban J connectivity index is 1.29. The highest BCUT2D eigenvalue weighted by Gasteiger charge is 2.25. The van der Waals surface area contributed by atoms with Gasteiger partial charge >= 0.3 is 5.97 Å². The van der Waals surface area contributed by atoms with Crippen LogP contribution < -0.4 is 0 Å². The summed E-state index contributed by atoms with van der Waals surface area (Å²) >= 11 is 0. The van der Waals surface area contributed by atoms with E-state index in [-0.39, 0.29) is 6.42 Å². The van der Waals surface area contributed by atoms with Crippen LogP contribution in [0.1, 0.15) is 67.0 Å². The molecule has 2 aliphatic rings. The van der Waals surface area contributed by atoms with E-state index in [2.05, 4.69) is 34.2 Å². The molecule has 2 N–H and O–H groups in total. The van der Waals surface area contributed by atoms with Gasteiger partial charge < -0.3 is 10.1 Å². The van der Waals surface area contributed by atoms with Gasteiger partial charge in [-0.05, 0) is 78.8 Å². The molecule has 0 bridgehead atoms. The second-order valence-electron chi connectivity index (χ2n) is 9.53. The smallest absolute Gasteiger partial charge is 0.303 e. The third kappa shape index (κ3) is 4.63. The largest absolute Gasteiger partial charge is 0.481 e. The maximum absolute atomic E-state index is 15.2. The Labute approximate surface area is 193 Å². The lowest BCUT2D eigenvalue weighted by molar-refractivity contribution is -0.138. The molecule has 0 radical (unpaired) electrons. The molecule has 1 aromatic heterocycles. The predicted octanol–water partition coefficient (Wildman–Crippen LogP) is 6.83. The molecule has 5 rings (SSSR count). The van der Waals surface area contributed by atoms with Gasteiger partial charge in [0.15, 0.2) is 0 Å². The van der Waals surface area contributed by atoms with Crippen molar-refractivity contribution < 1.29 is 14.3 Å². The first kappa shape index (κ1) is 21.6. The fraction of sp³-hybridized carbons (Fsp3) is 0.357. The van der Waals surface area contributed by atoms with Crippen LogP contribution in [0.2, 0.25) is 0 Å². The first-order valence-electron chi connectivity index (χ1n) is 11.8. The third-order valence-corrected chi connectivity index (χ3v) is 7.17. The maximum Gasteiger partial charge on any atom is 0.303 e. The van der Waals surface area contributed by atoms with Crippen molar-refractivity contribution in [1.29, 1.82) is 0 Å². The number of aromatic nitrogens is 2. The summed E-state index contributed by atoms with van der Waals surface area (Å²) in [6.45, 7) is 2.03. The Kier molecular flexibility index (Phi) is 5.88. The summed E-state index contributed by atoms with van der Waals surface area (Å²) in [5.41, 5.74) is 6.88. The van der Waals surface area contributed by atoms with Crippen LogP contribution >= 0.6 is 0 Å². The summed E-state index contributed by atoms with van der Waals surface area (Å²) in [5.74, 6) is 0.708. The topological polar surface area (TPSA) is 66.0 Å². The molecule has 1 unspecified atom stereocenters. The van der Waals surface area contributed by atoms with Crippen molar-refractivity contribution in [1.82, 2.24) is 9.97 Å². The van der Waals surface area contributed by atoms with Crippen LogP contribution in [-0.2, 0) is 4.79 Å². The molecule has 170 valence electrons. The molecular formula is C28H29FN2O2. The monoisotopic (exact) mass is 444 g/mol. The van der Waals surface area contributed by atoms with Crippen LogP contribution in [-0.4, -0.2) is 27.2 Å². The standard InChI is InChI=1S/C28H29FN2O2/c1-17-2-13-25-26(14-17)31-28(30-25)23-12-11-22(16-24(23)29)21-9-7-20(8-10-21)19-5-3-18(4-6-19)15-27(32)33/h2,7-14,18-19,24H,3-6,15-16H2,1H3,(H,30,31)(H,32,33). The molecule has 0 saturated heterocycles. The number of carboxylic acid groups (broad SMARTS) is 1. The molecule has 1 atom stereocenters. The average molecular weight is 445 g/mol. The van der Waals surface area contributed by atoms with E-state index < -0.39 is 12.1 Å². The van der Waals surface area contributed by atoms with Crippen LogP contribution in [0.5, 0.6) is 0 Å². The van der Waals surface area contributed by atoms with Crippen molar-refractivity contribution in [3.05, 3.63) is 77.1 Å². The maximum atomic E-state index is 15.2. The van der Waals surface area contributed by atoms with E-state index in [0.29, 0.717) is 29.7 Å². The molecule has 3 aromatic rings. The van der Waals surface area contributed by atoms with E-state index in [1.807, 2.05) is 37.3 Å². The van der Waals surface area contributed by atoms with Gasteiger partial charge in [0.2, 0.25) is 0 Å². The molecule has 1 fully saturated rings. The van der Waals surface area contributed by atoms with Gasteiger partial charge in [-0.2, -0.15) is 0 Å². The van der Waals surface area contributed by atoms with Gasteiger partial charge in [-0.1, -0.05) is 42.5 Å². The second kappa shape index (κ2) is 8.97. The van der Waals surface area contributed by atoms with Crippen LogP contribution in [0.25, 0.3) is 22.2 Å². The number of imidazole rings is 1. The summed E-state index contributed by atoms with van der Waals surface area (Å²) in [7, 11) is 0. The number of fused-ring (bicyclic) bond motifs is 1. The highest BCUT2D eigenvalue weighted by Crippen LogP contribution is 2.38. The van der Waals surface area contributed by atoms with Gasteiger partial charge in [0, 0.05) is 18.4 Å². The average Bonchev–Trinajstić information content (AvgIpc) is 3.22. The van der Waals surface area contributed by atoms with Gasteiger partial charge in [-0.25, -0.2) is 9.37 Å². The number of nitrogens with one attached hydrogen (secondary N) is 1. The van der Waals surface area contributed by atoms with Crippen molar-refractivity contribution in [3.63, 3.8) is 0 Å². The minimum absolute atomic E-state index is 0.285. The first-order chi connectivity index (χ1) is 16.0. The Bertz CT molecular complexity index is 1230. The van der Waals surface area contributed by atoms with Gasteiger partial charge in [-0.15, -0.1) is 0 Å². The third-order valence-electron chi connectivity index (χ3n) is 7.17. The number of allylic oxidation sites excluding steroid dienone is 4. The van der Waals surface area contributed by atoms with Crippen LogP contribution in [0.15, 0.2) is 54.6 Å². The summed E-state index contributed by atoms with van der Waals surface area (Å²) < 4.78 is 15.2. The lowest BCUT2D eigenvalue weighted by Gasteiger charge is -2.28. The van der Waals surface area contributed by atoms with E-state index in [9.17, 15) is 4.79 Å². The van der Waals surface area contributed by atoms with Crippen molar-refractivity contribution in [2.45, 2.75) is 57.5 Å². The molecule has 2 aliphatic carbocycles. The normalized spacial score (nSPS) is 23.3. The lowest BCUT2D eigenvalue weighted by Crippen LogP contribution is -2.16. The molecule has 5 heteroatoms. The van der Waals surface area contributed by atoms with Crippen LogP contribution in [0.4, 0.5) is 4.39 Å². The van der Waals surface area contributed by atoms with Gasteiger partial charge in [0.05, 0.1) is 11.0 Å². The van der Waals surface area contributed by atoms with E-state index in [1.54, 1.807) is 0 Å². The van der Waals surface area contributed by atoms with Gasteiger partial charge in [0.1, 0.15) is 12.0 Å². The Hall–Kier alpha value is -3.21. The summed E-state index contributed by atoms with van der Waals surface area (Å²) in [4.78, 5) is 18.8. The number of halogens is 1. The number of nitrogens with zero attached hydrogens (tertiary/aromatic N) is 1. The zero-order chi connectivity index (χ0) is 22.9. The molecular weight excluding hydrogens is 415 g/mol. The van der Waals surface area contributed by atoms with E-state index >= 15 is 4.39 Å². The minimum atomic E-state index is -1.10. The second-order valence-corrected chi connectivity index (χ2v) is 9.53. The Morgan fingerprint density at radius 1 is 1.09 bits per heavy atom. The highest BCUT2D eigenvalue weighted by atomic mass is 19.1. The summed E-state index contributed by atoms with van der Waals surface area (Å²) in [6, 6.07) is 14.5. The van der Waals surface area contributed by atoms with Gasteiger partial charge in [-0.3, -0.25) is 4.79 Å². The fourth-order valence-corrected chi connectivity index (χ4v) is 5.28. The Morgan fingerprint density at radius 3 is 2.55 bits per heavy atom. The summed E-state index contributed by atoms with van der Waals surface area (Å²) in [5, 5.41) is 9.00. The molecule has 1 saturated carbocycles. The fourth-order valence-electron chi connectivity index (χ4n) is 5.28. The number of benzene rings is 2. The number of aryl methyl sites for hydroxylation is 1. The van der Waals surface area contributed by atoms with Crippen LogP contribution in [0, 0.1) is 12.8 Å². The molecule has 4 nitrogen and oxygen atoms in total. The van der Waals surface area contributed by atoms with E-state index in [4.69, 9.17) is 5.11 Å². The highest BCUT2D eigenvalue weighted by molar-refractivity contribution is 5.83. The number of H-pyrrole nitrogens is 1. The molecule has 0 aliphatic heterocycles. The van der Waals surface area contributed by atoms with Crippen molar-refractivity contribution >= 4 is 28.1 Å². The van der Waals surface area contributed by atoms with Crippen LogP contribution in [0.3, 0.4) is 0 Å². The molecule has 2 aromatic carbocycles. The van der Waals surface area contributed by atoms with Crippen molar-refractivity contribution in [2.24, 2.45) is 5.92 Å². The number of carboxylic acids is 1.